The molecular formula is C20H28BCl2NO4. The van der Waals surface area contributed by atoms with E-state index in [4.69, 9.17) is 37.2 Å². The molecule has 1 amide bonds. The third kappa shape index (κ3) is 5.66. The number of hydrogen-bond donors (Lipinski definition) is 1. The molecule has 1 aliphatic rings. The molecule has 2 rings (SSSR count). The van der Waals surface area contributed by atoms with Crippen molar-refractivity contribution in [3.63, 3.8) is 0 Å². The maximum atomic E-state index is 12.1. The Morgan fingerprint density at radius 2 is 1.64 bits per heavy atom. The molecule has 1 N–H and O–H groups in total. The number of ether oxygens (including phenoxy) is 1. The second-order valence-electron chi connectivity index (χ2n) is 8.80. The Kier molecular flexibility index (Phi) is 6.81. The molecule has 8 heteroatoms. The van der Waals surface area contributed by atoms with Crippen LogP contribution in [0.4, 0.5) is 4.79 Å². The second-order valence-corrected chi connectivity index (χ2v) is 9.61. The summed E-state index contributed by atoms with van der Waals surface area (Å²) >= 11 is 12.6. The molecule has 0 unspecified atom stereocenters. The van der Waals surface area contributed by atoms with E-state index in [1.54, 1.807) is 45.0 Å². The molecule has 0 aliphatic carbocycles. The molecule has 1 aromatic rings. The number of rotatable bonds is 4. The number of carbonyl (C=O) groups is 1. The van der Waals surface area contributed by atoms with Crippen LogP contribution < -0.4 is 5.32 Å². The highest BCUT2D eigenvalue weighted by molar-refractivity contribution is 6.56. The van der Waals surface area contributed by atoms with E-state index in [2.05, 4.69) is 5.32 Å². The fourth-order valence-corrected chi connectivity index (χ4v) is 3.03. The highest BCUT2D eigenvalue weighted by Gasteiger charge is 2.52. The van der Waals surface area contributed by atoms with E-state index in [-0.39, 0.29) is 6.54 Å². The van der Waals surface area contributed by atoms with Crippen LogP contribution in [0.1, 0.15) is 54.0 Å². The Hall–Kier alpha value is -1.21. The monoisotopic (exact) mass is 427 g/mol. The van der Waals surface area contributed by atoms with E-state index in [1.165, 1.54) is 0 Å². The van der Waals surface area contributed by atoms with Gasteiger partial charge in [0.25, 0.3) is 0 Å². The van der Waals surface area contributed by atoms with Crippen LogP contribution in [0.2, 0.25) is 10.0 Å². The fourth-order valence-electron chi connectivity index (χ4n) is 2.52. The van der Waals surface area contributed by atoms with Crippen LogP contribution >= 0.6 is 23.2 Å². The molecule has 5 nitrogen and oxygen atoms in total. The lowest BCUT2D eigenvalue weighted by Gasteiger charge is -2.32. The maximum Gasteiger partial charge on any atom is 0.492 e. The number of carbonyl (C=O) groups excluding carboxylic acids is 1. The van der Waals surface area contributed by atoms with Crippen LogP contribution in [-0.4, -0.2) is 36.6 Å². The molecule has 1 fully saturated rings. The van der Waals surface area contributed by atoms with Crippen molar-refractivity contribution in [3.05, 3.63) is 39.3 Å². The predicted octanol–water partition coefficient (Wildman–Crippen LogP) is 5.53. The largest absolute Gasteiger partial charge is 0.492 e. The highest BCUT2D eigenvalue weighted by atomic mass is 35.5. The van der Waals surface area contributed by atoms with Crippen molar-refractivity contribution >= 4 is 42.5 Å². The Bertz CT molecular complexity index is 736. The van der Waals surface area contributed by atoms with Crippen molar-refractivity contribution in [1.29, 1.82) is 0 Å². The first kappa shape index (κ1) is 23.1. The lowest BCUT2D eigenvalue weighted by molar-refractivity contribution is 0.00578. The summed E-state index contributed by atoms with van der Waals surface area (Å²) in [6, 6.07) is 5.28. The molecule has 1 aliphatic heterocycles. The van der Waals surface area contributed by atoms with Crippen molar-refractivity contribution < 1.29 is 18.8 Å². The molecule has 0 radical (unpaired) electrons. The minimum absolute atomic E-state index is 0.160. The van der Waals surface area contributed by atoms with Gasteiger partial charge in [-0.1, -0.05) is 35.3 Å². The molecule has 1 heterocycles. The molecule has 28 heavy (non-hydrogen) atoms. The quantitative estimate of drug-likeness (QED) is 0.641. The van der Waals surface area contributed by atoms with Crippen LogP contribution in [-0.2, 0) is 14.0 Å². The first-order chi connectivity index (χ1) is 12.7. The van der Waals surface area contributed by atoms with Crippen molar-refractivity contribution in [2.75, 3.05) is 6.54 Å². The van der Waals surface area contributed by atoms with Crippen molar-refractivity contribution in [1.82, 2.24) is 5.32 Å². The average Bonchev–Trinajstić information content (AvgIpc) is 2.72. The Labute approximate surface area is 177 Å². The standard InChI is InChI=1S/C20H28BCl2NO4/c1-18(2,3)26-17(25)24-12-13(11-14-15(22)9-8-10-16(14)23)21-27-19(4,5)20(6,7)28-21/h8-11H,12H2,1-7H3,(H,24,25). The number of hydrogen-bond acceptors (Lipinski definition) is 4. The molecule has 0 spiro atoms. The summed E-state index contributed by atoms with van der Waals surface area (Å²) in [7, 11) is -0.660. The normalized spacial score (nSPS) is 18.9. The van der Waals surface area contributed by atoms with Crippen molar-refractivity contribution in [3.8, 4) is 0 Å². The fraction of sp³-hybridized carbons (Fsp3) is 0.550. The minimum atomic E-state index is -0.660. The summed E-state index contributed by atoms with van der Waals surface area (Å²) in [6.07, 6.45) is 1.27. The number of halogens is 2. The molecule has 0 bridgehead atoms. The zero-order valence-corrected chi connectivity index (χ0v) is 19.0. The van der Waals surface area contributed by atoms with Gasteiger partial charge in [-0.2, -0.15) is 0 Å². The number of benzene rings is 1. The van der Waals surface area contributed by atoms with E-state index in [9.17, 15) is 4.79 Å². The number of nitrogens with one attached hydrogen (secondary N) is 1. The summed E-state index contributed by atoms with van der Waals surface area (Å²) in [5, 5.41) is 3.75. The van der Waals surface area contributed by atoms with Gasteiger partial charge in [-0.3, -0.25) is 0 Å². The van der Waals surface area contributed by atoms with Gasteiger partial charge in [0.2, 0.25) is 0 Å². The lowest BCUT2D eigenvalue weighted by Crippen LogP contribution is -2.41. The zero-order chi connectivity index (χ0) is 21.3. The van der Waals surface area contributed by atoms with Gasteiger partial charge in [0, 0.05) is 22.2 Å². The summed E-state index contributed by atoms with van der Waals surface area (Å²) < 4.78 is 17.6. The Balaban J connectivity index is 2.32. The number of alkyl carbamates (subject to hydrolysis) is 1. The van der Waals surface area contributed by atoms with E-state index in [0.717, 1.165) is 0 Å². The van der Waals surface area contributed by atoms with Gasteiger partial charge in [-0.25, -0.2) is 4.79 Å². The van der Waals surface area contributed by atoms with Crippen LogP contribution in [0.5, 0.6) is 0 Å². The molecule has 0 atom stereocenters. The SMILES string of the molecule is CC(C)(C)OC(=O)NCC(=Cc1c(Cl)cccc1Cl)B1OC(C)(C)C(C)(C)O1. The number of amides is 1. The van der Waals surface area contributed by atoms with Gasteiger partial charge in [0.15, 0.2) is 0 Å². The van der Waals surface area contributed by atoms with Gasteiger partial charge in [0.05, 0.1) is 11.2 Å². The van der Waals surface area contributed by atoms with Crippen LogP contribution in [0.3, 0.4) is 0 Å². The zero-order valence-electron chi connectivity index (χ0n) is 17.5. The third-order valence-corrected chi connectivity index (χ3v) is 5.38. The molecule has 0 aromatic heterocycles. The van der Waals surface area contributed by atoms with Gasteiger partial charge in [-0.15, -0.1) is 0 Å². The smallest absolute Gasteiger partial charge is 0.444 e. The first-order valence-electron chi connectivity index (χ1n) is 9.19. The van der Waals surface area contributed by atoms with E-state index >= 15 is 0 Å². The molecule has 154 valence electrons. The topological polar surface area (TPSA) is 56.8 Å². The average molecular weight is 428 g/mol. The summed E-state index contributed by atoms with van der Waals surface area (Å²) in [5.74, 6) is 0. The van der Waals surface area contributed by atoms with E-state index in [1.807, 2.05) is 27.7 Å². The minimum Gasteiger partial charge on any atom is -0.444 e. The molecular weight excluding hydrogens is 400 g/mol. The van der Waals surface area contributed by atoms with Gasteiger partial charge in [0.1, 0.15) is 5.60 Å². The van der Waals surface area contributed by atoms with E-state index < -0.39 is 30.0 Å². The van der Waals surface area contributed by atoms with Crippen molar-refractivity contribution in [2.45, 2.75) is 65.3 Å². The van der Waals surface area contributed by atoms with Crippen LogP contribution in [0.15, 0.2) is 23.7 Å². The summed E-state index contributed by atoms with van der Waals surface area (Å²) in [5.41, 5.74) is -0.314. The van der Waals surface area contributed by atoms with E-state index in [0.29, 0.717) is 21.1 Å². The van der Waals surface area contributed by atoms with Gasteiger partial charge < -0.3 is 19.4 Å². The molecule has 1 saturated heterocycles. The van der Waals surface area contributed by atoms with Gasteiger partial charge in [-0.05, 0) is 66.1 Å². The second kappa shape index (κ2) is 8.27. The highest BCUT2D eigenvalue weighted by Crippen LogP contribution is 2.39. The van der Waals surface area contributed by atoms with Crippen LogP contribution in [0.25, 0.3) is 6.08 Å². The third-order valence-electron chi connectivity index (χ3n) is 4.72. The Morgan fingerprint density at radius 1 is 1.14 bits per heavy atom. The maximum absolute atomic E-state index is 12.1. The predicted molar refractivity (Wildman–Crippen MR) is 115 cm³/mol. The van der Waals surface area contributed by atoms with Gasteiger partial charge >= 0.3 is 13.2 Å². The Morgan fingerprint density at radius 3 is 2.11 bits per heavy atom. The summed E-state index contributed by atoms with van der Waals surface area (Å²) in [6.45, 7) is 13.4. The summed E-state index contributed by atoms with van der Waals surface area (Å²) in [4.78, 5) is 12.1. The lowest BCUT2D eigenvalue weighted by atomic mass is 9.77. The molecule has 0 saturated carbocycles. The first-order valence-corrected chi connectivity index (χ1v) is 9.94. The van der Waals surface area contributed by atoms with Crippen molar-refractivity contribution in [2.24, 2.45) is 0 Å². The molecule has 1 aromatic carbocycles. The van der Waals surface area contributed by atoms with Crippen LogP contribution in [0, 0.1) is 0 Å².